The number of alkyl halides is 3. The van der Waals surface area contributed by atoms with E-state index in [9.17, 15) is 22.8 Å². The number of anilines is 1. The topological polar surface area (TPSA) is 111 Å². The number of hydrogen-bond acceptors (Lipinski definition) is 7. The van der Waals surface area contributed by atoms with Crippen LogP contribution in [-0.2, 0) is 11.2 Å². The lowest BCUT2D eigenvalue weighted by atomic mass is 10.00. The van der Waals surface area contributed by atoms with Gasteiger partial charge in [0.2, 0.25) is 5.91 Å². The number of halogens is 3. The number of benzene rings is 3. The molecule has 46 heavy (non-hydrogen) atoms. The molecule has 0 bridgehead atoms. The Kier molecular flexibility index (Phi) is 9.56. The first-order valence-corrected chi connectivity index (χ1v) is 15.1. The Labute approximate surface area is 267 Å². The minimum atomic E-state index is -4.77. The molecule has 3 amide bonds. The summed E-state index contributed by atoms with van der Waals surface area (Å²) in [6.45, 7) is 5.76. The molecule has 10 nitrogen and oxygen atoms in total. The Balaban J connectivity index is 1.25. The first-order valence-electron chi connectivity index (χ1n) is 14.1. The van der Waals surface area contributed by atoms with Crippen molar-refractivity contribution in [2.45, 2.75) is 39.5 Å². The van der Waals surface area contributed by atoms with Gasteiger partial charge < -0.3 is 9.47 Å². The van der Waals surface area contributed by atoms with Crippen LogP contribution in [0, 0.1) is 0 Å². The second-order valence-electron chi connectivity index (χ2n) is 10.5. The van der Waals surface area contributed by atoms with Gasteiger partial charge in [-0.1, -0.05) is 49.9 Å². The van der Waals surface area contributed by atoms with E-state index in [-0.39, 0.29) is 28.5 Å². The maximum atomic E-state index is 12.8. The molecule has 5 rings (SSSR count). The summed E-state index contributed by atoms with van der Waals surface area (Å²) < 4.78 is 48.0. The van der Waals surface area contributed by atoms with E-state index in [0.29, 0.717) is 35.1 Å². The smallest absolute Gasteiger partial charge is 0.497 e. The van der Waals surface area contributed by atoms with Crippen LogP contribution in [0.2, 0.25) is 0 Å². The summed E-state index contributed by atoms with van der Waals surface area (Å²) in [6, 6.07) is 17.4. The molecule has 0 radical (unpaired) electrons. The van der Waals surface area contributed by atoms with Crippen molar-refractivity contribution >= 4 is 40.3 Å². The maximum absolute atomic E-state index is 12.8. The Morgan fingerprint density at radius 2 is 1.74 bits per heavy atom. The summed E-state index contributed by atoms with van der Waals surface area (Å²) in [5, 5.41) is 4.69. The van der Waals surface area contributed by atoms with Crippen molar-refractivity contribution in [3.05, 3.63) is 84.2 Å². The lowest BCUT2D eigenvalue weighted by Crippen LogP contribution is -2.30. The molecule has 3 aromatic carbocycles. The van der Waals surface area contributed by atoms with Crippen LogP contribution < -0.4 is 14.4 Å². The Morgan fingerprint density at radius 3 is 2.39 bits per heavy atom. The van der Waals surface area contributed by atoms with Crippen LogP contribution in [0.15, 0.2) is 83.0 Å². The standard InChI is InChI=1S/C32H29F3N6O4S/c1-19(2)26-16-25(44-4)13-14-27(26)41-28(42)17-46-31(41)38-30(43)37-20(3)15-21-5-7-22(8-6-21)29-36-18-40(39-29)23-9-11-24(12-10-23)45-32(33,34)35/h5-14,16,18-19H,15,17H2,1-4H3. The molecule has 1 aromatic heterocycles. The summed E-state index contributed by atoms with van der Waals surface area (Å²) >= 11 is 1.19. The van der Waals surface area contributed by atoms with E-state index in [2.05, 4.69) is 24.8 Å². The number of aliphatic imine (C=N–C) groups is 2. The molecule has 0 unspecified atom stereocenters. The number of rotatable bonds is 8. The number of methoxy groups -OCH3 is 1. The van der Waals surface area contributed by atoms with Crippen LogP contribution >= 0.6 is 11.8 Å². The number of nitrogens with zero attached hydrogens (tertiary/aromatic N) is 6. The van der Waals surface area contributed by atoms with Crippen molar-refractivity contribution in [2.24, 2.45) is 9.98 Å². The fraction of sp³-hybridized carbons (Fsp3) is 0.250. The molecule has 14 heteroatoms. The fourth-order valence-electron chi connectivity index (χ4n) is 4.70. The lowest BCUT2D eigenvalue weighted by molar-refractivity contribution is -0.274. The molecule has 0 N–H and O–H groups in total. The maximum Gasteiger partial charge on any atom is 0.573 e. The van der Waals surface area contributed by atoms with Gasteiger partial charge in [0.05, 0.1) is 24.2 Å². The third-order valence-electron chi connectivity index (χ3n) is 6.84. The van der Waals surface area contributed by atoms with E-state index in [1.165, 1.54) is 51.9 Å². The zero-order valence-electron chi connectivity index (χ0n) is 25.3. The van der Waals surface area contributed by atoms with Gasteiger partial charge >= 0.3 is 12.4 Å². The molecule has 1 aliphatic rings. The number of hydrogen-bond donors (Lipinski definition) is 0. The van der Waals surface area contributed by atoms with Crippen molar-refractivity contribution in [1.29, 1.82) is 0 Å². The Hall–Kier alpha value is -4.98. The largest absolute Gasteiger partial charge is 0.573 e. The average molecular weight is 651 g/mol. The first-order chi connectivity index (χ1) is 21.9. The zero-order chi connectivity index (χ0) is 33.0. The minimum absolute atomic E-state index is 0.0982. The van der Waals surface area contributed by atoms with Gasteiger partial charge in [0, 0.05) is 17.7 Å². The van der Waals surface area contributed by atoms with E-state index in [1.807, 2.05) is 44.2 Å². The molecule has 0 spiro atoms. The van der Waals surface area contributed by atoms with Gasteiger partial charge in [-0.3, -0.25) is 9.69 Å². The second kappa shape index (κ2) is 13.6. The number of urea groups is 1. The molecular weight excluding hydrogens is 621 g/mol. The average Bonchev–Trinajstić information content (AvgIpc) is 3.63. The van der Waals surface area contributed by atoms with Crippen LogP contribution in [0.4, 0.5) is 23.7 Å². The predicted molar refractivity (Wildman–Crippen MR) is 170 cm³/mol. The van der Waals surface area contributed by atoms with Gasteiger partial charge in [0.25, 0.3) is 0 Å². The molecule has 238 valence electrons. The minimum Gasteiger partial charge on any atom is -0.497 e. The quantitative estimate of drug-likeness (QED) is 0.185. The van der Waals surface area contributed by atoms with E-state index in [1.54, 1.807) is 26.2 Å². The monoisotopic (exact) mass is 650 g/mol. The summed E-state index contributed by atoms with van der Waals surface area (Å²) in [7, 11) is 1.58. The fourth-order valence-corrected chi connectivity index (χ4v) is 5.56. The Bertz CT molecular complexity index is 1800. The highest BCUT2D eigenvalue weighted by molar-refractivity contribution is 8.15. The Morgan fingerprint density at radius 1 is 1.04 bits per heavy atom. The number of thioether (sulfide) groups is 1. The molecular formula is C32H29F3N6O4S. The van der Waals surface area contributed by atoms with Crippen molar-refractivity contribution < 1.29 is 32.2 Å². The first kappa shape index (κ1) is 32.4. The van der Waals surface area contributed by atoms with Gasteiger partial charge in [-0.05, 0) is 66.4 Å². The van der Waals surface area contributed by atoms with Gasteiger partial charge in [-0.15, -0.1) is 18.3 Å². The summed E-state index contributed by atoms with van der Waals surface area (Å²) in [5.41, 5.74) is 4.21. The van der Waals surface area contributed by atoms with Crippen molar-refractivity contribution in [2.75, 3.05) is 17.8 Å². The van der Waals surface area contributed by atoms with E-state index in [0.717, 1.165) is 16.7 Å². The highest BCUT2D eigenvalue weighted by atomic mass is 32.2. The van der Waals surface area contributed by atoms with Crippen LogP contribution in [0.25, 0.3) is 17.1 Å². The highest BCUT2D eigenvalue weighted by Crippen LogP contribution is 2.35. The number of aromatic nitrogens is 3. The molecule has 0 saturated carbocycles. The van der Waals surface area contributed by atoms with E-state index in [4.69, 9.17) is 4.74 Å². The summed E-state index contributed by atoms with van der Waals surface area (Å²) in [6.07, 6.45) is -2.92. The van der Waals surface area contributed by atoms with Crippen LogP contribution in [0.1, 0.15) is 37.8 Å². The van der Waals surface area contributed by atoms with Crippen molar-refractivity contribution in [3.63, 3.8) is 0 Å². The number of carbonyl (C=O) groups excluding carboxylic acids is 2. The van der Waals surface area contributed by atoms with Gasteiger partial charge in [-0.2, -0.15) is 4.99 Å². The van der Waals surface area contributed by atoms with Crippen LogP contribution in [0.3, 0.4) is 0 Å². The predicted octanol–water partition coefficient (Wildman–Crippen LogP) is 7.22. The molecule has 0 aliphatic carbocycles. The lowest BCUT2D eigenvalue weighted by Gasteiger charge is -2.22. The van der Waals surface area contributed by atoms with E-state index < -0.39 is 12.4 Å². The van der Waals surface area contributed by atoms with Crippen molar-refractivity contribution in [1.82, 2.24) is 14.8 Å². The normalized spacial score (nSPS) is 14.8. The number of amidine groups is 1. The van der Waals surface area contributed by atoms with Crippen LogP contribution in [-0.4, -0.2) is 56.8 Å². The number of amides is 3. The molecule has 0 atom stereocenters. The third kappa shape index (κ3) is 7.80. The molecule has 1 aliphatic heterocycles. The summed E-state index contributed by atoms with van der Waals surface area (Å²) in [5.74, 6) is 0.861. The molecule has 2 heterocycles. The van der Waals surface area contributed by atoms with Crippen molar-refractivity contribution in [3.8, 4) is 28.6 Å². The van der Waals surface area contributed by atoms with Gasteiger partial charge in [-0.25, -0.2) is 19.5 Å². The number of ether oxygens (including phenoxy) is 2. The van der Waals surface area contributed by atoms with Crippen LogP contribution in [0.5, 0.6) is 11.5 Å². The SMILES string of the molecule is COc1ccc(N2C(=O)CSC2=NC(=O)N=C(C)Cc2ccc(-c3ncn(-c4ccc(OC(F)(F)F)cc4)n3)cc2)c(C(C)C)c1. The highest BCUT2D eigenvalue weighted by Gasteiger charge is 2.33. The second-order valence-corrected chi connectivity index (χ2v) is 11.5. The molecule has 1 fully saturated rings. The number of carbonyl (C=O) groups is 2. The summed E-state index contributed by atoms with van der Waals surface area (Å²) in [4.78, 5) is 39.7. The molecule has 4 aromatic rings. The van der Waals surface area contributed by atoms with Gasteiger partial charge in [0.15, 0.2) is 11.0 Å². The zero-order valence-corrected chi connectivity index (χ0v) is 26.1. The molecule has 1 saturated heterocycles. The van der Waals surface area contributed by atoms with E-state index >= 15 is 0 Å². The van der Waals surface area contributed by atoms with Gasteiger partial charge in [0.1, 0.15) is 17.8 Å². The third-order valence-corrected chi connectivity index (χ3v) is 7.76.